The molecule has 1 aliphatic rings. The first-order chi connectivity index (χ1) is 15.6. The molecule has 1 fully saturated rings. The Balaban J connectivity index is 1.94. The molecule has 3 rings (SSSR count). The molecule has 2 aromatic carbocycles. The number of rotatable bonds is 6. The van der Waals surface area contributed by atoms with Crippen LogP contribution in [0.1, 0.15) is 24.0 Å². The second-order valence-corrected chi connectivity index (χ2v) is 8.21. The second-order valence-electron chi connectivity index (χ2n) is 8.21. The number of ketones is 1. The van der Waals surface area contributed by atoms with Crippen LogP contribution in [0.2, 0.25) is 0 Å². The number of hydrogen-bond acceptors (Lipinski definition) is 3. The van der Waals surface area contributed by atoms with Crippen molar-refractivity contribution < 1.29 is 27.2 Å². The standard InChI is InChI=1S/C25H24F4N2O2/c1-31(2)8-7-30-25(33)19-13-17(9-15-3-5-20(26)22(28)11-15)24(32)18(14-19)10-16-4-6-21(27)23(29)12-16/h3-6,9-12,19H,7-8,13-14H2,1-2H3,(H,30,33)/b17-9-,18-10+. The largest absolute Gasteiger partial charge is 0.355 e. The fourth-order valence-electron chi connectivity index (χ4n) is 3.58. The molecule has 2 aromatic rings. The Bertz CT molecular complexity index is 1050. The summed E-state index contributed by atoms with van der Waals surface area (Å²) in [6, 6.07) is 6.51. The predicted octanol–water partition coefficient (Wildman–Crippen LogP) is 4.37. The third-order valence-electron chi connectivity index (χ3n) is 5.31. The van der Waals surface area contributed by atoms with Crippen LogP contribution in [0.15, 0.2) is 47.5 Å². The van der Waals surface area contributed by atoms with Crippen molar-refractivity contribution in [3.63, 3.8) is 0 Å². The van der Waals surface area contributed by atoms with E-state index in [4.69, 9.17) is 0 Å². The fourth-order valence-corrected chi connectivity index (χ4v) is 3.58. The van der Waals surface area contributed by atoms with Crippen molar-refractivity contribution in [1.82, 2.24) is 10.2 Å². The molecule has 4 nitrogen and oxygen atoms in total. The SMILES string of the molecule is CN(C)CCNC(=O)C1C/C(=C/c2ccc(F)c(F)c2)C(=O)/C(=C/c2ccc(F)c(F)c2)C1. The maximum atomic E-state index is 13.6. The minimum Gasteiger partial charge on any atom is -0.355 e. The van der Waals surface area contributed by atoms with E-state index in [2.05, 4.69) is 5.32 Å². The molecule has 1 amide bonds. The van der Waals surface area contributed by atoms with Crippen LogP contribution >= 0.6 is 0 Å². The summed E-state index contributed by atoms with van der Waals surface area (Å²) in [5.41, 5.74) is 1.04. The van der Waals surface area contributed by atoms with E-state index in [1.807, 2.05) is 19.0 Å². The maximum absolute atomic E-state index is 13.6. The maximum Gasteiger partial charge on any atom is 0.223 e. The highest BCUT2D eigenvalue weighted by atomic mass is 19.2. The van der Waals surface area contributed by atoms with Gasteiger partial charge >= 0.3 is 0 Å². The second kappa shape index (κ2) is 10.6. The molecule has 1 atom stereocenters. The molecule has 1 saturated carbocycles. The minimum absolute atomic E-state index is 0.112. The van der Waals surface area contributed by atoms with Crippen LogP contribution in [0.5, 0.6) is 0 Å². The van der Waals surface area contributed by atoms with Gasteiger partial charge < -0.3 is 10.2 Å². The van der Waals surface area contributed by atoms with E-state index in [-0.39, 0.29) is 46.8 Å². The first kappa shape index (κ1) is 24.4. The molecule has 8 heteroatoms. The van der Waals surface area contributed by atoms with Gasteiger partial charge in [-0.05, 0) is 74.5 Å². The lowest BCUT2D eigenvalue weighted by molar-refractivity contribution is -0.125. The lowest BCUT2D eigenvalue weighted by Gasteiger charge is -2.25. The van der Waals surface area contributed by atoms with Gasteiger partial charge in [-0.25, -0.2) is 17.6 Å². The molecule has 0 spiro atoms. The molecule has 1 aliphatic carbocycles. The summed E-state index contributed by atoms with van der Waals surface area (Å²) >= 11 is 0. The van der Waals surface area contributed by atoms with Gasteiger partial charge in [0, 0.05) is 30.2 Å². The number of allylic oxidation sites excluding steroid dienone is 2. The summed E-state index contributed by atoms with van der Waals surface area (Å²) in [6.45, 7) is 1.05. The van der Waals surface area contributed by atoms with Gasteiger partial charge in [0.1, 0.15) is 0 Å². The van der Waals surface area contributed by atoms with Crippen LogP contribution < -0.4 is 5.32 Å². The predicted molar refractivity (Wildman–Crippen MR) is 118 cm³/mol. The van der Waals surface area contributed by atoms with Gasteiger partial charge in [-0.3, -0.25) is 9.59 Å². The van der Waals surface area contributed by atoms with Crippen molar-refractivity contribution in [2.75, 3.05) is 27.2 Å². The van der Waals surface area contributed by atoms with Gasteiger partial charge in [0.15, 0.2) is 29.1 Å². The van der Waals surface area contributed by atoms with E-state index < -0.39 is 29.2 Å². The molecule has 1 unspecified atom stereocenters. The summed E-state index contributed by atoms with van der Waals surface area (Å²) in [5.74, 6) is -5.35. The van der Waals surface area contributed by atoms with Crippen molar-refractivity contribution in [2.24, 2.45) is 5.92 Å². The van der Waals surface area contributed by atoms with Gasteiger partial charge in [0.25, 0.3) is 0 Å². The van der Waals surface area contributed by atoms with Gasteiger partial charge in [0.05, 0.1) is 0 Å². The average Bonchev–Trinajstić information content (AvgIpc) is 2.75. The zero-order chi connectivity index (χ0) is 24.1. The Labute approximate surface area is 189 Å². The van der Waals surface area contributed by atoms with E-state index in [1.54, 1.807) is 0 Å². The Kier molecular flexibility index (Phi) is 7.81. The van der Waals surface area contributed by atoms with E-state index >= 15 is 0 Å². The smallest absolute Gasteiger partial charge is 0.223 e. The molecule has 0 aliphatic heterocycles. The molecule has 0 bridgehead atoms. The Morgan fingerprint density at radius 2 is 1.39 bits per heavy atom. The number of nitrogens with zero attached hydrogens (tertiary/aromatic N) is 1. The van der Waals surface area contributed by atoms with Crippen LogP contribution in [0.3, 0.4) is 0 Å². The molecule has 0 aromatic heterocycles. The molecule has 174 valence electrons. The molecule has 0 radical (unpaired) electrons. The lowest BCUT2D eigenvalue weighted by atomic mass is 9.79. The molecule has 0 saturated heterocycles. The Hall–Kier alpha value is -3.26. The highest BCUT2D eigenvalue weighted by Crippen LogP contribution is 2.33. The number of halogens is 4. The molecular formula is C25H24F4N2O2. The number of benzene rings is 2. The van der Waals surface area contributed by atoms with Crippen molar-refractivity contribution in [2.45, 2.75) is 12.8 Å². The normalized spacial score (nSPS) is 18.9. The molecule has 0 heterocycles. The van der Waals surface area contributed by atoms with Crippen LogP contribution in [-0.4, -0.2) is 43.8 Å². The van der Waals surface area contributed by atoms with E-state index in [1.165, 1.54) is 24.3 Å². The zero-order valence-electron chi connectivity index (χ0n) is 18.3. The van der Waals surface area contributed by atoms with Crippen LogP contribution in [0, 0.1) is 29.2 Å². The zero-order valence-corrected chi connectivity index (χ0v) is 18.3. The lowest BCUT2D eigenvalue weighted by Crippen LogP contribution is -2.38. The first-order valence-corrected chi connectivity index (χ1v) is 10.4. The number of carbonyl (C=O) groups excluding carboxylic acids is 2. The van der Waals surface area contributed by atoms with Crippen molar-refractivity contribution in [3.05, 3.63) is 81.9 Å². The summed E-state index contributed by atoms with van der Waals surface area (Å²) in [5, 5.41) is 2.84. The molecular weight excluding hydrogens is 436 g/mol. The van der Waals surface area contributed by atoms with Crippen LogP contribution in [0.25, 0.3) is 12.2 Å². The highest BCUT2D eigenvalue weighted by molar-refractivity contribution is 6.15. The summed E-state index contributed by atoms with van der Waals surface area (Å²) in [7, 11) is 3.74. The number of carbonyl (C=O) groups is 2. The van der Waals surface area contributed by atoms with Crippen molar-refractivity contribution in [1.29, 1.82) is 0 Å². The minimum atomic E-state index is -1.05. The molecule has 33 heavy (non-hydrogen) atoms. The van der Waals surface area contributed by atoms with E-state index in [0.29, 0.717) is 13.1 Å². The fraction of sp³-hybridized carbons (Fsp3) is 0.280. The molecule has 1 N–H and O–H groups in total. The summed E-state index contributed by atoms with van der Waals surface area (Å²) < 4.78 is 53.8. The third kappa shape index (κ3) is 6.38. The Morgan fingerprint density at radius 1 is 0.909 bits per heavy atom. The van der Waals surface area contributed by atoms with Crippen LogP contribution in [0.4, 0.5) is 17.6 Å². The quantitative estimate of drug-likeness (QED) is 0.515. The van der Waals surface area contributed by atoms with Gasteiger partial charge in [-0.1, -0.05) is 12.1 Å². The number of hydrogen-bond donors (Lipinski definition) is 1. The third-order valence-corrected chi connectivity index (χ3v) is 5.31. The average molecular weight is 460 g/mol. The highest BCUT2D eigenvalue weighted by Gasteiger charge is 2.32. The van der Waals surface area contributed by atoms with Gasteiger partial charge in [-0.15, -0.1) is 0 Å². The van der Waals surface area contributed by atoms with Crippen molar-refractivity contribution in [3.8, 4) is 0 Å². The van der Waals surface area contributed by atoms with E-state index in [9.17, 15) is 27.2 Å². The summed E-state index contributed by atoms with van der Waals surface area (Å²) in [4.78, 5) is 27.8. The summed E-state index contributed by atoms with van der Waals surface area (Å²) in [6.07, 6.45) is 3.06. The number of Topliss-reactive ketones (excluding diaryl/α,β-unsaturated/α-hetero) is 1. The number of nitrogens with one attached hydrogen (secondary N) is 1. The van der Waals surface area contributed by atoms with Gasteiger partial charge in [0.2, 0.25) is 5.91 Å². The van der Waals surface area contributed by atoms with E-state index in [0.717, 1.165) is 24.3 Å². The topological polar surface area (TPSA) is 49.4 Å². The van der Waals surface area contributed by atoms with Crippen molar-refractivity contribution >= 4 is 23.8 Å². The monoisotopic (exact) mass is 460 g/mol. The first-order valence-electron chi connectivity index (χ1n) is 10.4. The number of likely N-dealkylation sites (N-methyl/N-ethyl adjacent to an activating group) is 1. The van der Waals surface area contributed by atoms with Crippen LogP contribution in [-0.2, 0) is 9.59 Å². The van der Waals surface area contributed by atoms with Gasteiger partial charge in [-0.2, -0.15) is 0 Å². The number of amides is 1. The Morgan fingerprint density at radius 3 is 1.82 bits per heavy atom.